The third kappa shape index (κ3) is 2.07. The summed E-state index contributed by atoms with van der Waals surface area (Å²) in [5, 5.41) is 0. The second-order valence-corrected chi connectivity index (χ2v) is 4.77. The van der Waals surface area contributed by atoms with Gasteiger partial charge in [0.15, 0.2) is 0 Å². The molecule has 1 fully saturated rings. The molecular weight excluding hydrogens is 158 g/mol. The van der Waals surface area contributed by atoms with Gasteiger partial charge in [-0.25, -0.2) is 0 Å². The van der Waals surface area contributed by atoms with Crippen LogP contribution in [0.15, 0.2) is 0 Å². The van der Waals surface area contributed by atoms with Gasteiger partial charge >= 0.3 is 0 Å². The lowest BCUT2D eigenvalue weighted by atomic mass is 9.65. The Balaban J connectivity index is 2.69. The average molecular weight is 183 g/mol. The van der Waals surface area contributed by atoms with E-state index < -0.39 is 0 Å². The van der Waals surface area contributed by atoms with Gasteiger partial charge in [0.05, 0.1) is 0 Å². The third-order valence-electron chi connectivity index (χ3n) is 4.16. The Morgan fingerprint density at radius 3 is 2.38 bits per heavy atom. The van der Waals surface area contributed by atoms with Crippen LogP contribution in [0.4, 0.5) is 0 Å². The van der Waals surface area contributed by atoms with E-state index in [2.05, 4.69) is 20.8 Å². The van der Waals surface area contributed by atoms with Gasteiger partial charge in [-0.1, -0.05) is 46.5 Å². The van der Waals surface area contributed by atoms with Crippen molar-refractivity contribution in [2.24, 2.45) is 17.6 Å². The Kier molecular flexibility index (Phi) is 3.78. The predicted molar refractivity (Wildman–Crippen MR) is 58.6 cm³/mol. The Hall–Kier alpha value is -0.0400. The first-order valence-corrected chi connectivity index (χ1v) is 5.94. The van der Waals surface area contributed by atoms with Crippen molar-refractivity contribution in [1.29, 1.82) is 0 Å². The molecule has 78 valence electrons. The summed E-state index contributed by atoms with van der Waals surface area (Å²) >= 11 is 0. The molecule has 0 amide bonds. The molecular formula is C12H25N. The molecule has 0 aromatic rings. The summed E-state index contributed by atoms with van der Waals surface area (Å²) in [7, 11) is 0. The zero-order chi connectivity index (χ0) is 9.90. The molecule has 1 heteroatoms. The third-order valence-corrected chi connectivity index (χ3v) is 4.16. The first kappa shape index (κ1) is 11.0. The van der Waals surface area contributed by atoms with Gasteiger partial charge < -0.3 is 5.73 Å². The van der Waals surface area contributed by atoms with Crippen molar-refractivity contribution in [3.8, 4) is 0 Å². The van der Waals surface area contributed by atoms with E-state index in [1.807, 2.05) is 0 Å². The maximum Gasteiger partial charge on any atom is 0.0208 e. The Labute approximate surface area is 83.1 Å². The maximum absolute atomic E-state index is 6.57. The second-order valence-electron chi connectivity index (χ2n) is 4.77. The van der Waals surface area contributed by atoms with Crippen LogP contribution in [0.3, 0.4) is 0 Å². The van der Waals surface area contributed by atoms with Crippen molar-refractivity contribution in [3.63, 3.8) is 0 Å². The fourth-order valence-corrected chi connectivity index (χ4v) is 3.05. The molecule has 1 aliphatic carbocycles. The minimum atomic E-state index is 0.155. The molecule has 1 saturated carbocycles. The molecule has 2 N–H and O–H groups in total. The van der Waals surface area contributed by atoms with Gasteiger partial charge in [0.2, 0.25) is 0 Å². The minimum absolute atomic E-state index is 0.155. The fourth-order valence-electron chi connectivity index (χ4n) is 3.05. The molecule has 0 saturated heterocycles. The first-order chi connectivity index (χ1) is 6.15. The summed E-state index contributed by atoms with van der Waals surface area (Å²) < 4.78 is 0. The molecule has 0 aromatic carbocycles. The van der Waals surface area contributed by atoms with Crippen molar-refractivity contribution >= 4 is 0 Å². The molecule has 0 heterocycles. The smallest absolute Gasteiger partial charge is 0.0208 e. The lowest BCUT2D eigenvalue weighted by molar-refractivity contribution is 0.121. The highest BCUT2D eigenvalue weighted by Gasteiger charge is 2.39. The topological polar surface area (TPSA) is 26.0 Å². The summed E-state index contributed by atoms with van der Waals surface area (Å²) in [6.45, 7) is 6.91. The summed E-state index contributed by atoms with van der Waals surface area (Å²) in [4.78, 5) is 0. The average Bonchev–Trinajstić information content (AvgIpc) is 2.12. The molecule has 2 atom stereocenters. The highest BCUT2D eigenvalue weighted by molar-refractivity contribution is 4.96. The zero-order valence-corrected chi connectivity index (χ0v) is 9.47. The van der Waals surface area contributed by atoms with Crippen LogP contribution in [-0.2, 0) is 0 Å². The highest BCUT2D eigenvalue weighted by atomic mass is 14.8. The van der Waals surface area contributed by atoms with Gasteiger partial charge in [-0.2, -0.15) is 0 Å². The quantitative estimate of drug-likeness (QED) is 0.713. The summed E-state index contributed by atoms with van der Waals surface area (Å²) in [6.07, 6.45) is 7.82. The van der Waals surface area contributed by atoms with Gasteiger partial charge in [-0.3, -0.25) is 0 Å². The largest absolute Gasteiger partial charge is 0.325 e. The molecule has 1 rings (SSSR count). The van der Waals surface area contributed by atoms with Gasteiger partial charge in [-0.15, -0.1) is 0 Å². The van der Waals surface area contributed by atoms with Crippen molar-refractivity contribution < 1.29 is 0 Å². The van der Waals surface area contributed by atoms with Crippen LogP contribution in [0.1, 0.15) is 59.3 Å². The molecule has 13 heavy (non-hydrogen) atoms. The van der Waals surface area contributed by atoms with E-state index in [9.17, 15) is 0 Å². The molecule has 0 spiro atoms. The van der Waals surface area contributed by atoms with Crippen LogP contribution < -0.4 is 5.73 Å². The van der Waals surface area contributed by atoms with Crippen LogP contribution >= 0.6 is 0 Å². The number of rotatable bonds is 3. The molecule has 0 bridgehead atoms. The standard InChI is InChI=1S/C12H25N/c1-4-11(5-2)12(13)9-7-6-8-10(12)3/h10-11H,4-9,13H2,1-3H3. The van der Waals surface area contributed by atoms with Crippen molar-refractivity contribution in [3.05, 3.63) is 0 Å². The molecule has 1 aliphatic rings. The monoisotopic (exact) mass is 183 g/mol. The Bertz CT molecular complexity index is 151. The van der Waals surface area contributed by atoms with Crippen LogP contribution in [-0.4, -0.2) is 5.54 Å². The molecule has 0 radical (unpaired) electrons. The van der Waals surface area contributed by atoms with Crippen LogP contribution in [0, 0.1) is 11.8 Å². The molecule has 0 aromatic heterocycles. The summed E-state index contributed by atoms with van der Waals surface area (Å²) in [6, 6.07) is 0. The zero-order valence-electron chi connectivity index (χ0n) is 9.47. The highest BCUT2D eigenvalue weighted by Crippen LogP contribution is 2.39. The van der Waals surface area contributed by atoms with Gasteiger partial charge in [0.1, 0.15) is 0 Å². The first-order valence-electron chi connectivity index (χ1n) is 5.94. The molecule has 1 nitrogen and oxygen atoms in total. The van der Waals surface area contributed by atoms with Crippen molar-refractivity contribution in [2.45, 2.75) is 64.8 Å². The Morgan fingerprint density at radius 2 is 1.92 bits per heavy atom. The van der Waals surface area contributed by atoms with Crippen LogP contribution in [0.5, 0.6) is 0 Å². The fraction of sp³-hybridized carbons (Fsp3) is 1.00. The number of nitrogens with two attached hydrogens (primary N) is 1. The molecule has 2 unspecified atom stereocenters. The number of hydrogen-bond acceptors (Lipinski definition) is 1. The van der Waals surface area contributed by atoms with Gasteiger partial charge in [0, 0.05) is 5.54 Å². The minimum Gasteiger partial charge on any atom is -0.325 e. The maximum atomic E-state index is 6.57. The van der Waals surface area contributed by atoms with E-state index in [-0.39, 0.29) is 5.54 Å². The van der Waals surface area contributed by atoms with E-state index in [0.717, 1.165) is 11.8 Å². The van der Waals surface area contributed by atoms with E-state index in [1.165, 1.54) is 38.5 Å². The van der Waals surface area contributed by atoms with Crippen molar-refractivity contribution in [1.82, 2.24) is 0 Å². The van der Waals surface area contributed by atoms with E-state index in [0.29, 0.717) is 0 Å². The lowest BCUT2D eigenvalue weighted by Crippen LogP contribution is -2.53. The summed E-state index contributed by atoms with van der Waals surface area (Å²) in [5.41, 5.74) is 6.72. The van der Waals surface area contributed by atoms with E-state index in [4.69, 9.17) is 5.73 Å². The lowest BCUT2D eigenvalue weighted by Gasteiger charge is -2.45. The van der Waals surface area contributed by atoms with E-state index in [1.54, 1.807) is 0 Å². The van der Waals surface area contributed by atoms with Gasteiger partial charge in [0.25, 0.3) is 0 Å². The van der Waals surface area contributed by atoms with Gasteiger partial charge in [-0.05, 0) is 24.7 Å². The Morgan fingerprint density at radius 1 is 1.31 bits per heavy atom. The van der Waals surface area contributed by atoms with E-state index >= 15 is 0 Å². The normalized spacial score (nSPS) is 35.3. The number of hydrogen-bond donors (Lipinski definition) is 1. The summed E-state index contributed by atoms with van der Waals surface area (Å²) in [5.74, 6) is 1.47. The van der Waals surface area contributed by atoms with Crippen molar-refractivity contribution in [2.75, 3.05) is 0 Å². The van der Waals surface area contributed by atoms with Crippen LogP contribution in [0.2, 0.25) is 0 Å². The SMILES string of the molecule is CCC(CC)C1(N)CCCCC1C. The second kappa shape index (κ2) is 4.45. The molecule has 0 aliphatic heterocycles. The van der Waals surface area contributed by atoms with Crippen LogP contribution in [0.25, 0.3) is 0 Å². The predicted octanol–water partition coefficient (Wildman–Crippen LogP) is 3.33.